The molecule has 0 radical (unpaired) electrons. The zero-order chi connectivity index (χ0) is 15.6. The van der Waals surface area contributed by atoms with E-state index in [9.17, 15) is 4.79 Å². The molecule has 0 aliphatic carbocycles. The van der Waals surface area contributed by atoms with E-state index in [1.165, 1.54) is 0 Å². The van der Waals surface area contributed by atoms with Crippen molar-refractivity contribution in [3.05, 3.63) is 17.7 Å². The Hall–Kier alpha value is -1.95. The Balaban J connectivity index is 2.33. The molecule has 1 fully saturated rings. The first-order chi connectivity index (χ1) is 10.0. The molecule has 1 aliphatic heterocycles. The summed E-state index contributed by atoms with van der Waals surface area (Å²) in [4.78, 5) is 13.4. The number of likely N-dealkylation sites (tertiary alicyclic amines) is 1. The fourth-order valence-corrected chi connectivity index (χ4v) is 2.70. The normalized spacial score (nSPS) is 19.6. The maximum Gasteiger partial charge on any atom is 0.222 e. The Morgan fingerprint density at radius 3 is 2.14 bits per heavy atom. The first-order valence-electron chi connectivity index (χ1n) is 6.81. The summed E-state index contributed by atoms with van der Waals surface area (Å²) in [6.07, 6.45) is 0.467. The third kappa shape index (κ3) is 2.90. The van der Waals surface area contributed by atoms with Crippen molar-refractivity contribution in [3.63, 3.8) is 0 Å². The molecule has 1 amide bonds. The van der Waals surface area contributed by atoms with Crippen LogP contribution in [0.15, 0.2) is 12.1 Å². The topological polar surface area (TPSA) is 74.0 Å². The SMILES string of the molecule is COc1cc(C(N)C2CC(=O)N(C)C2)cc(OC)c1OC. The molecule has 6 heteroatoms. The van der Waals surface area contributed by atoms with Gasteiger partial charge in [0.25, 0.3) is 0 Å². The van der Waals surface area contributed by atoms with E-state index < -0.39 is 0 Å². The lowest BCUT2D eigenvalue weighted by molar-refractivity contribution is -0.126. The summed E-state index contributed by atoms with van der Waals surface area (Å²) >= 11 is 0. The molecule has 1 saturated heterocycles. The van der Waals surface area contributed by atoms with Gasteiger partial charge in [-0.3, -0.25) is 4.79 Å². The highest BCUT2D eigenvalue weighted by molar-refractivity contribution is 5.78. The van der Waals surface area contributed by atoms with Crippen LogP contribution in [-0.2, 0) is 4.79 Å². The Morgan fingerprint density at radius 1 is 1.19 bits per heavy atom. The summed E-state index contributed by atoms with van der Waals surface area (Å²) in [6, 6.07) is 3.43. The van der Waals surface area contributed by atoms with E-state index in [1.54, 1.807) is 33.3 Å². The van der Waals surface area contributed by atoms with Gasteiger partial charge in [-0.05, 0) is 17.7 Å². The second-order valence-corrected chi connectivity index (χ2v) is 5.22. The Kier molecular flexibility index (Phi) is 4.57. The number of carbonyl (C=O) groups is 1. The van der Waals surface area contributed by atoms with Crippen molar-refractivity contribution in [1.82, 2.24) is 4.90 Å². The van der Waals surface area contributed by atoms with Gasteiger partial charge in [-0.2, -0.15) is 0 Å². The molecular weight excluding hydrogens is 272 g/mol. The number of nitrogens with zero attached hydrogens (tertiary/aromatic N) is 1. The van der Waals surface area contributed by atoms with E-state index in [4.69, 9.17) is 19.9 Å². The second-order valence-electron chi connectivity index (χ2n) is 5.22. The predicted octanol–water partition coefficient (Wildman–Crippen LogP) is 1.19. The highest BCUT2D eigenvalue weighted by Crippen LogP contribution is 2.41. The highest BCUT2D eigenvalue weighted by atomic mass is 16.5. The van der Waals surface area contributed by atoms with Gasteiger partial charge in [0.05, 0.1) is 21.3 Å². The van der Waals surface area contributed by atoms with Gasteiger partial charge >= 0.3 is 0 Å². The van der Waals surface area contributed by atoms with Gasteiger partial charge in [-0.1, -0.05) is 0 Å². The van der Waals surface area contributed by atoms with Crippen molar-refractivity contribution in [2.24, 2.45) is 11.7 Å². The smallest absolute Gasteiger partial charge is 0.222 e. The quantitative estimate of drug-likeness (QED) is 0.883. The maximum atomic E-state index is 11.7. The lowest BCUT2D eigenvalue weighted by atomic mass is 9.92. The summed E-state index contributed by atoms with van der Waals surface area (Å²) < 4.78 is 16.0. The van der Waals surface area contributed by atoms with Crippen LogP contribution in [0, 0.1) is 5.92 Å². The molecule has 0 aromatic heterocycles. The molecule has 21 heavy (non-hydrogen) atoms. The molecule has 1 aromatic rings. The summed E-state index contributed by atoms with van der Waals surface area (Å²) in [5.74, 6) is 1.89. The number of carbonyl (C=O) groups excluding carboxylic acids is 1. The summed E-state index contributed by atoms with van der Waals surface area (Å²) in [5, 5.41) is 0. The first-order valence-corrected chi connectivity index (χ1v) is 6.81. The molecule has 6 nitrogen and oxygen atoms in total. The lowest BCUT2D eigenvalue weighted by Crippen LogP contribution is -2.24. The van der Waals surface area contributed by atoms with Gasteiger partial charge < -0.3 is 24.8 Å². The predicted molar refractivity (Wildman–Crippen MR) is 78.8 cm³/mol. The number of nitrogens with two attached hydrogens (primary N) is 1. The number of amides is 1. The van der Waals surface area contributed by atoms with E-state index in [-0.39, 0.29) is 17.9 Å². The monoisotopic (exact) mass is 294 g/mol. The van der Waals surface area contributed by atoms with Crippen LogP contribution in [0.2, 0.25) is 0 Å². The molecule has 2 N–H and O–H groups in total. The minimum atomic E-state index is -0.257. The standard InChI is InChI=1S/C15H22N2O4/c1-17-8-10(7-13(17)18)14(16)9-5-11(19-2)15(21-4)12(6-9)20-3/h5-6,10,14H,7-8,16H2,1-4H3. The zero-order valence-corrected chi connectivity index (χ0v) is 12.9. The van der Waals surface area contributed by atoms with Crippen molar-refractivity contribution in [2.45, 2.75) is 12.5 Å². The van der Waals surface area contributed by atoms with Gasteiger partial charge in [-0.15, -0.1) is 0 Å². The minimum Gasteiger partial charge on any atom is -0.493 e. The molecule has 0 bridgehead atoms. The third-order valence-electron chi connectivity index (χ3n) is 3.95. The van der Waals surface area contributed by atoms with Crippen LogP contribution in [0.5, 0.6) is 17.2 Å². The first kappa shape index (κ1) is 15.4. The van der Waals surface area contributed by atoms with Crippen molar-refractivity contribution in [3.8, 4) is 17.2 Å². The van der Waals surface area contributed by atoms with Crippen LogP contribution < -0.4 is 19.9 Å². The molecule has 1 heterocycles. The number of methoxy groups -OCH3 is 3. The van der Waals surface area contributed by atoms with Crippen LogP contribution in [0.25, 0.3) is 0 Å². The average molecular weight is 294 g/mol. The molecule has 0 saturated carbocycles. The molecule has 1 aromatic carbocycles. The minimum absolute atomic E-state index is 0.0882. The molecule has 2 atom stereocenters. The van der Waals surface area contributed by atoms with Crippen molar-refractivity contribution >= 4 is 5.91 Å². The average Bonchev–Trinajstić information content (AvgIpc) is 2.84. The van der Waals surface area contributed by atoms with Crippen LogP contribution in [0.4, 0.5) is 0 Å². The molecular formula is C15H22N2O4. The van der Waals surface area contributed by atoms with Gasteiger partial charge in [-0.25, -0.2) is 0 Å². The Bertz CT molecular complexity index is 507. The van der Waals surface area contributed by atoms with Crippen molar-refractivity contribution < 1.29 is 19.0 Å². The van der Waals surface area contributed by atoms with E-state index in [0.717, 1.165) is 5.56 Å². The Morgan fingerprint density at radius 2 is 1.76 bits per heavy atom. The van der Waals surface area contributed by atoms with Crippen LogP contribution >= 0.6 is 0 Å². The maximum absolute atomic E-state index is 11.7. The third-order valence-corrected chi connectivity index (χ3v) is 3.95. The van der Waals surface area contributed by atoms with Crippen LogP contribution in [0.1, 0.15) is 18.0 Å². The Labute approximate surface area is 124 Å². The second kappa shape index (κ2) is 6.22. The summed E-state index contributed by atoms with van der Waals surface area (Å²) in [7, 11) is 6.49. The molecule has 1 aliphatic rings. The van der Waals surface area contributed by atoms with Gasteiger partial charge in [0.1, 0.15) is 0 Å². The summed E-state index contributed by atoms with van der Waals surface area (Å²) in [6.45, 7) is 0.663. The van der Waals surface area contributed by atoms with Crippen molar-refractivity contribution in [2.75, 3.05) is 34.9 Å². The van der Waals surface area contributed by atoms with E-state index in [2.05, 4.69) is 0 Å². The number of hydrogen-bond donors (Lipinski definition) is 1. The number of ether oxygens (including phenoxy) is 3. The highest BCUT2D eigenvalue weighted by Gasteiger charge is 2.32. The number of rotatable bonds is 5. The molecule has 2 unspecified atom stereocenters. The van der Waals surface area contributed by atoms with Gasteiger partial charge in [0.2, 0.25) is 11.7 Å². The number of hydrogen-bond acceptors (Lipinski definition) is 5. The van der Waals surface area contributed by atoms with E-state index in [0.29, 0.717) is 30.2 Å². The molecule has 116 valence electrons. The zero-order valence-electron chi connectivity index (χ0n) is 12.9. The van der Waals surface area contributed by atoms with Crippen molar-refractivity contribution in [1.29, 1.82) is 0 Å². The fourth-order valence-electron chi connectivity index (χ4n) is 2.70. The van der Waals surface area contributed by atoms with Gasteiger partial charge in [0, 0.05) is 32.0 Å². The molecule has 2 rings (SSSR count). The summed E-state index contributed by atoms with van der Waals surface area (Å²) in [5.41, 5.74) is 7.21. The van der Waals surface area contributed by atoms with Crippen LogP contribution in [-0.4, -0.2) is 45.7 Å². The van der Waals surface area contributed by atoms with E-state index in [1.807, 2.05) is 12.1 Å². The fraction of sp³-hybridized carbons (Fsp3) is 0.533. The van der Waals surface area contributed by atoms with Crippen LogP contribution in [0.3, 0.4) is 0 Å². The molecule has 0 spiro atoms. The van der Waals surface area contributed by atoms with E-state index >= 15 is 0 Å². The largest absolute Gasteiger partial charge is 0.493 e. The van der Waals surface area contributed by atoms with Gasteiger partial charge in [0.15, 0.2) is 11.5 Å². The number of benzene rings is 1. The lowest BCUT2D eigenvalue weighted by Gasteiger charge is -2.21.